The first kappa shape index (κ1) is 11.1. The average Bonchev–Trinajstić information content (AvgIpc) is 3.10. The van der Waals surface area contributed by atoms with Crippen LogP contribution in [0.5, 0.6) is 0 Å². The maximum absolute atomic E-state index is 11.5. The maximum atomic E-state index is 11.5. The zero-order valence-electron chi connectivity index (χ0n) is 9.28. The minimum absolute atomic E-state index is 0.0730. The summed E-state index contributed by atoms with van der Waals surface area (Å²) < 4.78 is 0. The molecule has 1 fully saturated rings. The Morgan fingerprint density at radius 3 is 2.75 bits per heavy atom. The van der Waals surface area contributed by atoms with Crippen LogP contribution in [-0.2, 0) is 11.2 Å². The Morgan fingerprint density at radius 2 is 2.06 bits per heavy atom. The van der Waals surface area contributed by atoms with Crippen molar-refractivity contribution in [2.24, 2.45) is 0 Å². The van der Waals surface area contributed by atoms with E-state index in [9.17, 15) is 4.79 Å². The van der Waals surface area contributed by atoms with Gasteiger partial charge in [-0.3, -0.25) is 9.78 Å². The van der Waals surface area contributed by atoms with E-state index in [1.54, 1.807) is 12.4 Å². The number of pyridine rings is 1. The third-order valence-corrected chi connectivity index (χ3v) is 2.57. The van der Waals surface area contributed by atoms with Crippen LogP contribution in [-0.4, -0.2) is 30.0 Å². The van der Waals surface area contributed by atoms with E-state index in [4.69, 9.17) is 0 Å². The summed E-state index contributed by atoms with van der Waals surface area (Å²) in [5, 5.41) is 6.24. The maximum Gasteiger partial charge on any atom is 0.224 e. The molecule has 1 saturated carbocycles. The lowest BCUT2D eigenvalue weighted by atomic mass is 10.2. The van der Waals surface area contributed by atoms with E-state index in [2.05, 4.69) is 15.6 Å². The molecule has 1 amide bonds. The Hall–Kier alpha value is -1.42. The predicted octanol–water partition coefficient (Wildman–Crippen LogP) is 0.492. The highest BCUT2D eigenvalue weighted by atomic mass is 16.1. The van der Waals surface area contributed by atoms with Crippen molar-refractivity contribution in [2.45, 2.75) is 25.3 Å². The molecule has 2 rings (SSSR count). The Balaban J connectivity index is 1.60. The van der Waals surface area contributed by atoms with Gasteiger partial charge in [0.25, 0.3) is 0 Å². The molecule has 0 aromatic carbocycles. The molecule has 0 spiro atoms. The second-order valence-electron chi connectivity index (χ2n) is 4.11. The molecule has 2 N–H and O–H groups in total. The number of nitrogens with zero attached hydrogens (tertiary/aromatic N) is 1. The van der Waals surface area contributed by atoms with E-state index in [-0.39, 0.29) is 5.91 Å². The lowest BCUT2D eigenvalue weighted by molar-refractivity contribution is -0.120. The van der Waals surface area contributed by atoms with Gasteiger partial charge in [0, 0.05) is 31.5 Å². The molecule has 1 aliphatic carbocycles. The number of carbonyl (C=O) groups is 1. The van der Waals surface area contributed by atoms with Gasteiger partial charge < -0.3 is 10.6 Å². The first-order valence-corrected chi connectivity index (χ1v) is 5.73. The molecule has 0 unspecified atom stereocenters. The second kappa shape index (κ2) is 5.61. The molecule has 16 heavy (non-hydrogen) atoms. The lowest BCUT2D eigenvalue weighted by Gasteiger charge is -2.05. The Bertz CT molecular complexity index is 335. The van der Waals surface area contributed by atoms with Crippen LogP contribution in [0.4, 0.5) is 0 Å². The number of hydrogen-bond donors (Lipinski definition) is 2. The third-order valence-electron chi connectivity index (χ3n) is 2.57. The first-order valence-electron chi connectivity index (χ1n) is 5.73. The van der Waals surface area contributed by atoms with Crippen LogP contribution >= 0.6 is 0 Å². The highest BCUT2D eigenvalue weighted by Gasteiger charge is 2.19. The Morgan fingerprint density at radius 1 is 1.31 bits per heavy atom. The monoisotopic (exact) mass is 219 g/mol. The fraction of sp³-hybridized carbons (Fsp3) is 0.500. The largest absolute Gasteiger partial charge is 0.355 e. The molecule has 0 aliphatic heterocycles. The SMILES string of the molecule is O=C(Cc1ccncc1)NCCNC1CC1. The van der Waals surface area contributed by atoms with Crippen LogP contribution in [0, 0.1) is 0 Å². The summed E-state index contributed by atoms with van der Waals surface area (Å²) >= 11 is 0. The standard InChI is InChI=1S/C12H17N3O/c16-12(9-10-3-5-13-6-4-10)15-8-7-14-11-1-2-11/h3-6,11,14H,1-2,7-9H2,(H,15,16). The number of carbonyl (C=O) groups excluding carboxylic acids is 1. The summed E-state index contributed by atoms with van der Waals surface area (Å²) in [6.45, 7) is 1.58. The van der Waals surface area contributed by atoms with Crippen molar-refractivity contribution >= 4 is 5.91 Å². The molecular weight excluding hydrogens is 202 g/mol. The second-order valence-corrected chi connectivity index (χ2v) is 4.11. The highest BCUT2D eigenvalue weighted by molar-refractivity contribution is 5.78. The minimum atomic E-state index is 0.0730. The average molecular weight is 219 g/mol. The number of nitrogens with one attached hydrogen (secondary N) is 2. The van der Waals surface area contributed by atoms with Crippen LogP contribution in [0.3, 0.4) is 0 Å². The van der Waals surface area contributed by atoms with Gasteiger partial charge in [-0.1, -0.05) is 0 Å². The predicted molar refractivity (Wildman–Crippen MR) is 62.0 cm³/mol. The molecule has 0 atom stereocenters. The fourth-order valence-corrected chi connectivity index (χ4v) is 1.51. The lowest BCUT2D eigenvalue weighted by Crippen LogP contribution is -2.33. The van der Waals surface area contributed by atoms with Crippen molar-refractivity contribution in [1.82, 2.24) is 15.6 Å². The van der Waals surface area contributed by atoms with Crippen LogP contribution in [0.15, 0.2) is 24.5 Å². The van der Waals surface area contributed by atoms with Gasteiger partial charge in [-0.2, -0.15) is 0 Å². The molecule has 1 heterocycles. The smallest absolute Gasteiger partial charge is 0.224 e. The van der Waals surface area contributed by atoms with Gasteiger partial charge in [-0.15, -0.1) is 0 Å². The molecule has 0 saturated heterocycles. The van der Waals surface area contributed by atoms with Gasteiger partial charge >= 0.3 is 0 Å². The molecule has 4 heteroatoms. The number of hydrogen-bond acceptors (Lipinski definition) is 3. The normalized spacial score (nSPS) is 14.8. The summed E-state index contributed by atoms with van der Waals surface area (Å²) in [5.41, 5.74) is 1.00. The Kier molecular flexibility index (Phi) is 3.88. The highest BCUT2D eigenvalue weighted by Crippen LogP contribution is 2.17. The van der Waals surface area contributed by atoms with Gasteiger partial charge in [0.1, 0.15) is 0 Å². The van der Waals surface area contributed by atoms with Gasteiger partial charge in [-0.05, 0) is 30.5 Å². The topological polar surface area (TPSA) is 54.0 Å². The molecule has 1 aromatic heterocycles. The van der Waals surface area contributed by atoms with Gasteiger partial charge in [0.05, 0.1) is 6.42 Å². The van der Waals surface area contributed by atoms with Crippen molar-refractivity contribution < 1.29 is 4.79 Å². The Labute approximate surface area is 95.5 Å². The molecule has 0 radical (unpaired) electrons. The molecule has 0 bridgehead atoms. The summed E-state index contributed by atoms with van der Waals surface area (Å²) in [7, 11) is 0. The molecule has 1 aromatic rings. The van der Waals surface area contributed by atoms with E-state index in [1.165, 1.54) is 12.8 Å². The summed E-state index contributed by atoms with van der Waals surface area (Å²) in [5.74, 6) is 0.0730. The number of amides is 1. The third kappa shape index (κ3) is 3.98. The minimum Gasteiger partial charge on any atom is -0.355 e. The van der Waals surface area contributed by atoms with Crippen molar-refractivity contribution in [2.75, 3.05) is 13.1 Å². The quantitative estimate of drug-likeness (QED) is 0.685. The fourth-order valence-electron chi connectivity index (χ4n) is 1.51. The summed E-state index contributed by atoms with van der Waals surface area (Å²) in [4.78, 5) is 15.4. The van der Waals surface area contributed by atoms with Crippen molar-refractivity contribution in [3.8, 4) is 0 Å². The van der Waals surface area contributed by atoms with E-state index in [0.29, 0.717) is 19.0 Å². The number of aromatic nitrogens is 1. The summed E-state index contributed by atoms with van der Waals surface area (Å²) in [6.07, 6.45) is 6.41. The van der Waals surface area contributed by atoms with Gasteiger partial charge in [-0.25, -0.2) is 0 Å². The van der Waals surface area contributed by atoms with Crippen LogP contribution in [0.1, 0.15) is 18.4 Å². The van der Waals surface area contributed by atoms with Crippen LogP contribution < -0.4 is 10.6 Å². The van der Waals surface area contributed by atoms with E-state index < -0.39 is 0 Å². The van der Waals surface area contributed by atoms with Crippen molar-refractivity contribution in [3.05, 3.63) is 30.1 Å². The molecule has 4 nitrogen and oxygen atoms in total. The number of rotatable bonds is 6. The van der Waals surface area contributed by atoms with Gasteiger partial charge in [0.15, 0.2) is 0 Å². The van der Waals surface area contributed by atoms with Crippen molar-refractivity contribution in [1.29, 1.82) is 0 Å². The van der Waals surface area contributed by atoms with E-state index in [0.717, 1.165) is 12.1 Å². The zero-order chi connectivity index (χ0) is 11.2. The first-order chi connectivity index (χ1) is 7.84. The van der Waals surface area contributed by atoms with Crippen LogP contribution in [0.25, 0.3) is 0 Å². The molecular formula is C12H17N3O. The van der Waals surface area contributed by atoms with Crippen LogP contribution in [0.2, 0.25) is 0 Å². The van der Waals surface area contributed by atoms with Gasteiger partial charge in [0.2, 0.25) is 5.91 Å². The zero-order valence-corrected chi connectivity index (χ0v) is 9.28. The van der Waals surface area contributed by atoms with E-state index in [1.807, 2.05) is 12.1 Å². The molecule has 1 aliphatic rings. The van der Waals surface area contributed by atoms with E-state index >= 15 is 0 Å². The molecule has 86 valence electrons. The van der Waals surface area contributed by atoms with Crippen molar-refractivity contribution in [3.63, 3.8) is 0 Å². The summed E-state index contributed by atoms with van der Waals surface area (Å²) in [6, 6.07) is 4.43.